The lowest BCUT2D eigenvalue weighted by molar-refractivity contribution is -0.115. The second kappa shape index (κ2) is 8.44. The van der Waals surface area contributed by atoms with Crippen molar-refractivity contribution in [2.45, 2.75) is 13.3 Å². The summed E-state index contributed by atoms with van der Waals surface area (Å²) < 4.78 is 13.7. The van der Waals surface area contributed by atoms with E-state index in [1.54, 1.807) is 31.6 Å². The third kappa shape index (κ3) is 3.85. The van der Waals surface area contributed by atoms with Gasteiger partial charge in [-0.2, -0.15) is 9.49 Å². The van der Waals surface area contributed by atoms with E-state index in [1.807, 2.05) is 36.4 Å². The lowest BCUT2D eigenvalue weighted by Crippen LogP contribution is -2.09. The summed E-state index contributed by atoms with van der Waals surface area (Å²) in [7, 11) is 0. The highest BCUT2D eigenvalue weighted by molar-refractivity contribution is 7.14. The average Bonchev–Trinajstić information content (AvgIpc) is 3.61. The van der Waals surface area contributed by atoms with Gasteiger partial charge in [0.2, 0.25) is 5.91 Å². The molecule has 0 unspecified atom stereocenters. The van der Waals surface area contributed by atoms with Gasteiger partial charge in [0.15, 0.2) is 5.13 Å². The lowest BCUT2D eigenvalue weighted by Gasteiger charge is -2.06. The number of pyridine rings is 2. The van der Waals surface area contributed by atoms with Gasteiger partial charge in [-0.1, -0.05) is 19.1 Å². The van der Waals surface area contributed by atoms with Gasteiger partial charge in [-0.3, -0.25) is 19.9 Å². The van der Waals surface area contributed by atoms with E-state index in [-0.39, 0.29) is 11.0 Å². The second-order valence-corrected chi connectivity index (χ2v) is 9.14. The Morgan fingerprint density at radius 1 is 1.06 bits per heavy atom. The molecule has 0 saturated carbocycles. The predicted octanol–water partition coefficient (Wildman–Crippen LogP) is 6.38. The fraction of sp³-hybridized carbons (Fsp3) is 0.0769. The number of aromatic amines is 2. The maximum atomic E-state index is 13.7. The van der Waals surface area contributed by atoms with Crippen LogP contribution in [0.1, 0.15) is 13.3 Å². The highest BCUT2D eigenvalue weighted by atomic mass is 32.1. The fourth-order valence-corrected chi connectivity index (χ4v) is 4.90. The highest BCUT2D eigenvalue weighted by Gasteiger charge is 2.16. The first-order chi connectivity index (χ1) is 17.1. The molecule has 172 valence electrons. The highest BCUT2D eigenvalue weighted by Crippen LogP contribution is 2.37. The fourth-order valence-electron chi connectivity index (χ4n) is 4.13. The number of carbonyl (C=O) groups is 1. The minimum atomic E-state index is -0.209. The van der Waals surface area contributed by atoms with Crippen LogP contribution >= 0.6 is 11.3 Å². The molecular weight excluding hydrogens is 463 g/mol. The van der Waals surface area contributed by atoms with Crippen molar-refractivity contribution < 1.29 is 9.18 Å². The number of fused-ring (bicyclic) bond motifs is 2. The number of hydrogen-bond acceptors (Lipinski definition) is 5. The number of nitrogens with one attached hydrogen (secondary N) is 3. The van der Waals surface area contributed by atoms with E-state index < -0.39 is 0 Å². The van der Waals surface area contributed by atoms with Crippen molar-refractivity contribution in [1.82, 2.24) is 25.1 Å². The maximum absolute atomic E-state index is 13.7. The molecule has 0 bridgehead atoms. The van der Waals surface area contributed by atoms with E-state index in [2.05, 4.69) is 30.5 Å². The van der Waals surface area contributed by atoms with Crippen LogP contribution in [0.4, 0.5) is 10.1 Å². The first-order valence-electron chi connectivity index (χ1n) is 11.1. The zero-order valence-electron chi connectivity index (χ0n) is 18.6. The standard InChI is InChI=1S/C26H19FN6OS/c1-2-25(34)30-15-8-14(11-28-12-15)20-10-18-22(13-29-20)32-33-26(18)21-9-17-16(4-3-5-19(17)31-21)23-6-7-24(27)35-23/h3-13,31H,2H2,1H3,(H,30,34)(H,32,33). The number of halogens is 1. The van der Waals surface area contributed by atoms with Crippen LogP contribution in [-0.2, 0) is 4.79 Å². The maximum Gasteiger partial charge on any atom is 0.224 e. The van der Waals surface area contributed by atoms with Crippen LogP contribution in [0.2, 0.25) is 0 Å². The molecule has 0 atom stereocenters. The number of amides is 1. The third-order valence-corrected chi connectivity index (χ3v) is 6.75. The Labute approximate surface area is 203 Å². The Bertz CT molecular complexity index is 1720. The topological polar surface area (TPSA) is 99.4 Å². The molecule has 35 heavy (non-hydrogen) atoms. The monoisotopic (exact) mass is 482 g/mol. The largest absolute Gasteiger partial charge is 0.353 e. The molecule has 6 aromatic rings. The summed E-state index contributed by atoms with van der Waals surface area (Å²) in [5.74, 6) is -0.0760. The number of benzene rings is 1. The number of H-pyrrole nitrogens is 2. The number of aromatic nitrogens is 5. The molecule has 1 amide bonds. The number of carbonyl (C=O) groups excluding carboxylic acids is 1. The van der Waals surface area contributed by atoms with Gasteiger partial charge in [-0.05, 0) is 36.4 Å². The SMILES string of the molecule is CCC(=O)Nc1cncc(-c2cc3c(-c4cc5c(-c6ccc(F)s6)cccc5[nH]4)n[nH]c3cn2)c1. The van der Waals surface area contributed by atoms with Gasteiger partial charge in [0, 0.05) is 44.9 Å². The molecule has 5 heterocycles. The molecule has 0 saturated heterocycles. The van der Waals surface area contributed by atoms with Gasteiger partial charge in [-0.15, -0.1) is 11.3 Å². The van der Waals surface area contributed by atoms with Crippen LogP contribution in [0.5, 0.6) is 0 Å². The van der Waals surface area contributed by atoms with Crippen LogP contribution in [-0.4, -0.2) is 31.1 Å². The molecular formula is C26H19FN6OS. The number of rotatable bonds is 5. The summed E-state index contributed by atoms with van der Waals surface area (Å²) in [6.45, 7) is 1.80. The van der Waals surface area contributed by atoms with Gasteiger partial charge >= 0.3 is 0 Å². The summed E-state index contributed by atoms with van der Waals surface area (Å²) in [6, 6.07) is 15.1. The molecule has 0 radical (unpaired) electrons. The summed E-state index contributed by atoms with van der Waals surface area (Å²) in [5, 5.41) is 12.1. The summed E-state index contributed by atoms with van der Waals surface area (Å²) >= 11 is 1.13. The minimum absolute atomic E-state index is 0.0760. The Morgan fingerprint density at radius 3 is 2.80 bits per heavy atom. The number of thiophene rings is 1. The van der Waals surface area contributed by atoms with Crippen LogP contribution in [0.3, 0.4) is 0 Å². The summed E-state index contributed by atoms with van der Waals surface area (Å²) in [5.41, 5.74) is 6.43. The van der Waals surface area contributed by atoms with Crippen molar-refractivity contribution in [3.63, 3.8) is 0 Å². The average molecular weight is 483 g/mol. The van der Waals surface area contributed by atoms with Gasteiger partial charge in [0.05, 0.1) is 35.0 Å². The van der Waals surface area contributed by atoms with Gasteiger partial charge < -0.3 is 10.3 Å². The molecule has 5 aromatic heterocycles. The van der Waals surface area contributed by atoms with E-state index >= 15 is 0 Å². The van der Waals surface area contributed by atoms with Crippen molar-refractivity contribution in [3.8, 4) is 33.1 Å². The molecule has 7 nitrogen and oxygen atoms in total. The Balaban J connectivity index is 1.43. The van der Waals surface area contributed by atoms with Crippen molar-refractivity contribution in [1.29, 1.82) is 0 Å². The molecule has 9 heteroatoms. The summed E-state index contributed by atoms with van der Waals surface area (Å²) in [6.07, 6.45) is 5.45. The van der Waals surface area contributed by atoms with E-state index in [9.17, 15) is 9.18 Å². The minimum Gasteiger partial charge on any atom is -0.353 e. The first kappa shape index (κ1) is 21.2. The normalized spacial score (nSPS) is 11.4. The number of hydrogen-bond donors (Lipinski definition) is 3. The third-order valence-electron chi connectivity index (χ3n) is 5.84. The van der Waals surface area contributed by atoms with Crippen LogP contribution in [0.25, 0.3) is 54.9 Å². The molecule has 0 fully saturated rings. The van der Waals surface area contributed by atoms with E-state index in [0.29, 0.717) is 17.8 Å². The smallest absolute Gasteiger partial charge is 0.224 e. The summed E-state index contributed by atoms with van der Waals surface area (Å²) in [4.78, 5) is 24.9. The molecule has 1 aromatic carbocycles. The Morgan fingerprint density at radius 2 is 1.97 bits per heavy atom. The zero-order chi connectivity index (χ0) is 23.9. The van der Waals surface area contributed by atoms with Crippen molar-refractivity contribution in [2.75, 3.05) is 5.32 Å². The lowest BCUT2D eigenvalue weighted by atomic mass is 10.1. The van der Waals surface area contributed by atoms with Crippen molar-refractivity contribution >= 4 is 44.7 Å². The quantitative estimate of drug-likeness (QED) is 0.265. The number of nitrogens with zero attached hydrogens (tertiary/aromatic N) is 3. The van der Waals surface area contributed by atoms with Crippen LogP contribution < -0.4 is 5.32 Å². The van der Waals surface area contributed by atoms with E-state index in [4.69, 9.17) is 0 Å². The van der Waals surface area contributed by atoms with E-state index in [1.165, 1.54) is 6.07 Å². The van der Waals surface area contributed by atoms with Gasteiger partial charge in [-0.25, -0.2) is 0 Å². The second-order valence-electron chi connectivity index (χ2n) is 8.10. The Kier molecular flexibility index (Phi) is 5.11. The van der Waals surface area contributed by atoms with Crippen molar-refractivity contribution in [3.05, 3.63) is 72.3 Å². The molecule has 6 rings (SSSR count). The Hall–Kier alpha value is -4.37. The molecule has 0 aliphatic carbocycles. The first-order valence-corrected chi connectivity index (χ1v) is 11.9. The molecule has 0 aliphatic heterocycles. The van der Waals surface area contributed by atoms with Crippen LogP contribution in [0, 0.1) is 5.13 Å². The molecule has 0 spiro atoms. The zero-order valence-corrected chi connectivity index (χ0v) is 19.4. The van der Waals surface area contributed by atoms with Gasteiger partial charge in [0.25, 0.3) is 0 Å². The van der Waals surface area contributed by atoms with Crippen molar-refractivity contribution in [2.24, 2.45) is 0 Å². The number of anilines is 1. The molecule has 3 N–H and O–H groups in total. The predicted molar refractivity (Wildman–Crippen MR) is 137 cm³/mol. The van der Waals surface area contributed by atoms with Crippen LogP contribution in [0.15, 0.2) is 67.1 Å². The van der Waals surface area contributed by atoms with E-state index in [0.717, 1.165) is 60.5 Å². The van der Waals surface area contributed by atoms with Gasteiger partial charge in [0.1, 0.15) is 5.69 Å². The molecule has 0 aliphatic rings.